The van der Waals surface area contributed by atoms with E-state index in [-0.39, 0.29) is 12.2 Å². The van der Waals surface area contributed by atoms with E-state index in [1.165, 1.54) is 11.1 Å². The Morgan fingerprint density at radius 2 is 1.17 bits per heavy atom. The first-order chi connectivity index (χ1) is 8.93. The monoisotopic (exact) mass is 256 g/mol. The molecule has 3 rings (SSSR count). The molecule has 1 fully saturated rings. The highest BCUT2D eigenvalue weighted by Gasteiger charge is 2.24. The van der Waals surface area contributed by atoms with Gasteiger partial charge < -0.3 is 4.74 Å². The number of ether oxygens (including phenoxy) is 1. The Kier molecular flexibility index (Phi) is 3.67. The summed E-state index contributed by atoms with van der Waals surface area (Å²) >= 11 is 1.98. The van der Waals surface area contributed by atoms with Gasteiger partial charge in [0.25, 0.3) is 0 Å². The molecule has 2 atom stereocenters. The second-order valence-corrected chi connectivity index (χ2v) is 5.55. The first-order valence-electron chi connectivity index (χ1n) is 6.26. The van der Waals surface area contributed by atoms with Crippen molar-refractivity contribution in [3.63, 3.8) is 0 Å². The van der Waals surface area contributed by atoms with Crippen LogP contribution in [0.1, 0.15) is 23.3 Å². The highest BCUT2D eigenvalue weighted by molar-refractivity contribution is 7.99. The first-order valence-corrected chi connectivity index (χ1v) is 7.42. The standard InChI is InChI=1S/C16H16OS/c1-3-7-13(8-4-1)15-11-18-12-16(17-15)14-9-5-2-6-10-14/h1-10,15-16H,11-12H2. The van der Waals surface area contributed by atoms with E-state index in [0.29, 0.717) is 0 Å². The van der Waals surface area contributed by atoms with Crippen LogP contribution in [-0.4, -0.2) is 11.5 Å². The van der Waals surface area contributed by atoms with Crippen LogP contribution in [0.15, 0.2) is 60.7 Å². The summed E-state index contributed by atoms with van der Waals surface area (Å²) in [6, 6.07) is 21.0. The van der Waals surface area contributed by atoms with Crippen LogP contribution in [0.5, 0.6) is 0 Å². The van der Waals surface area contributed by atoms with Gasteiger partial charge in [0.15, 0.2) is 0 Å². The summed E-state index contributed by atoms with van der Waals surface area (Å²) in [4.78, 5) is 0. The fourth-order valence-electron chi connectivity index (χ4n) is 2.24. The topological polar surface area (TPSA) is 9.23 Å². The Morgan fingerprint density at radius 1 is 0.722 bits per heavy atom. The molecule has 2 unspecified atom stereocenters. The maximum Gasteiger partial charge on any atom is 0.0924 e. The molecule has 18 heavy (non-hydrogen) atoms. The van der Waals surface area contributed by atoms with E-state index in [2.05, 4.69) is 48.5 Å². The maximum atomic E-state index is 6.24. The van der Waals surface area contributed by atoms with Crippen molar-refractivity contribution in [2.75, 3.05) is 11.5 Å². The molecule has 1 heterocycles. The third-order valence-corrected chi connectivity index (χ3v) is 4.29. The summed E-state index contributed by atoms with van der Waals surface area (Å²) in [5.74, 6) is 2.10. The molecule has 2 aromatic rings. The SMILES string of the molecule is c1ccc(C2CSCC(c3ccccc3)O2)cc1. The van der Waals surface area contributed by atoms with Gasteiger partial charge in [-0.3, -0.25) is 0 Å². The Balaban J connectivity index is 1.77. The number of hydrogen-bond acceptors (Lipinski definition) is 2. The van der Waals surface area contributed by atoms with Gasteiger partial charge in [-0.05, 0) is 11.1 Å². The Morgan fingerprint density at radius 3 is 1.61 bits per heavy atom. The van der Waals surface area contributed by atoms with Gasteiger partial charge in [-0.25, -0.2) is 0 Å². The molecule has 2 aromatic carbocycles. The molecule has 0 aromatic heterocycles. The van der Waals surface area contributed by atoms with E-state index >= 15 is 0 Å². The van der Waals surface area contributed by atoms with Crippen molar-refractivity contribution in [3.8, 4) is 0 Å². The predicted molar refractivity (Wildman–Crippen MR) is 76.8 cm³/mol. The van der Waals surface area contributed by atoms with Gasteiger partial charge in [0, 0.05) is 11.5 Å². The molecule has 0 aliphatic carbocycles. The molecule has 0 radical (unpaired) electrons. The largest absolute Gasteiger partial charge is 0.364 e. The summed E-state index contributed by atoms with van der Waals surface area (Å²) in [6.45, 7) is 0. The van der Waals surface area contributed by atoms with Crippen LogP contribution < -0.4 is 0 Å². The van der Waals surface area contributed by atoms with Gasteiger partial charge >= 0.3 is 0 Å². The Hall–Kier alpha value is -1.25. The van der Waals surface area contributed by atoms with Gasteiger partial charge in [0.2, 0.25) is 0 Å². The number of benzene rings is 2. The number of thioether (sulfide) groups is 1. The van der Waals surface area contributed by atoms with Crippen LogP contribution in [0.2, 0.25) is 0 Å². The highest BCUT2D eigenvalue weighted by Crippen LogP contribution is 2.36. The molecular formula is C16H16OS. The van der Waals surface area contributed by atoms with Crippen molar-refractivity contribution < 1.29 is 4.74 Å². The lowest BCUT2D eigenvalue weighted by Crippen LogP contribution is -2.20. The van der Waals surface area contributed by atoms with Crippen molar-refractivity contribution in [2.24, 2.45) is 0 Å². The van der Waals surface area contributed by atoms with Crippen LogP contribution in [0.3, 0.4) is 0 Å². The maximum absolute atomic E-state index is 6.24. The lowest BCUT2D eigenvalue weighted by Gasteiger charge is -2.30. The average molecular weight is 256 g/mol. The Bertz CT molecular complexity index is 437. The van der Waals surface area contributed by atoms with Crippen LogP contribution >= 0.6 is 11.8 Å². The van der Waals surface area contributed by atoms with Crippen molar-refractivity contribution >= 4 is 11.8 Å². The molecule has 1 nitrogen and oxygen atoms in total. The normalized spacial score (nSPS) is 23.8. The molecule has 92 valence electrons. The highest BCUT2D eigenvalue weighted by atomic mass is 32.2. The third kappa shape index (κ3) is 2.60. The van der Waals surface area contributed by atoms with E-state index in [0.717, 1.165) is 11.5 Å². The van der Waals surface area contributed by atoms with E-state index in [1.54, 1.807) is 0 Å². The minimum absolute atomic E-state index is 0.218. The molecule has 0 bridgehead atoms. The molecule has 1 saturated heterocycles. The number of hydrogen-bond donors (Lipinski definition) is 0. The van der Waals surface area contributed by atoms with Crippen LogP contribution in [-0.2, 0) is 4.74 Å². The van der Waals surface area contributed by atoms with E-state index in [4.69, 9.17) is 4.74 Å². The summed E-state index contributed by atoms with van der Waals surface area (Å²) in [5.41, 5.74) is 2.57. The van der Waals surface area contributed by atoms with Gasteiger partial charge in [0.05, 0.1) is 12.2 Å². The van der Waals surface area contributed by atoms with E-state index < -0.39 is 0 Å². The van der Waals surface area contributed by atoms with Crippen molar-refractivity contribution in [1.29, 1.82) is 0 Å². The predicted octanol–water partition coefficient (Wildman–Crippen LogP) is 4.23. The van der Waals surface area contributed by atoms with Crippen LogP contribution in [0, 0.1) is 0 Å². The first kappa shape index (κ1) is 11.8. The van der Waals surface area contributed by atoms with Gasteiger partial charge in [0.1, 0.15) is 0 Å². The van der Waals surface area contributed by atoms with E-state index in [9.17, 15) is 0 Å². The lowest BCUT2D eigenvalue weighted by atomic mass is 10.1. The molecule has 1 aliphatic rings. The Labute approximate surface area is 112 Å². The molecule has 1 aliphatic heterocycles. The number of rotatable bonds is 2. The zero-order chi connectivity index (χ0) is 12.2. The molecule has 2 heteroatoms. The zero-order valence-corrected chi connectivity index (χ0v) is 11.0. The fraction of sp³-hybridized carbons (Fsp3) is 0.250. The summed E-state index contributed by atoms with van der Waals surface area (Å²) in [7, 11) is 0. The second kappa shape index (κ2) is 5.59. The summed E-state index contributed by atoms with van der Waals surface area (Å²) < 4.78 is 6.24. The van der Waals surface area contributed by atoms with Gasteiger partial charge in [-0.2, -0.15) is 11.8 Å². The van der Waals surface area contributed by atoms with Gasteiger partial charge in [-0.15, -0.1) is 0 Å². The zero-order valence-electron chi connectivity index (χ0n) is 10.2. The average Bonchev–Trinajstić information content (AvgIpc) is 2.49. The minimum atomic E-state index is 0.218. The molecule has 0 saturated carbocycles. The second-order valence-electron chi connectivity index (χ2n) is 4.47. The quantitative estimate of drug-likeness (QED) is 0.795. The van der Waals surface area contributed by atoms with Crippen molar-refractivity contribution in [2.45, 2.75) is 12.2 Å². The van der Waals surface area contributed by atoms with Crippen molar-refractivity contribution in [3.05, 3.63) is 71.8 Å². The smallest absolute Gasteiger partial charge is 0.0924 e. The van der Waals surface area contributed by atoms with Crippen LogP contribution in [0.4, 0.5) is 0 Å². The third-order valence-electron chi connectivity index (χ3n) is 3.21. The minimum Gasteiger partial charge on any atom is -0.364 e. The molecule has 0 amide bonds. The molecule has 0 N–H and O–H groups in total. The van der Waals surface area contributed by atoms with Crippen LogP contribution in [0.25, 0.3) is 0 Å². The summed E-state index contributed by atoms with van der Waals surface area (Å²) in [5, 5.41) is 0. The molecule has 0 spiro atoms. The lowest BCUT2D eigenvalue weighted by molar-refractivity contribution is 0.00512. The van der Waals surface area contributed by atoms with Crippen molar-refractivity contribution in [1.82, 2.24) is 0 Å². The molecular weight excluding hydrogens is 240 g/mol. The van der Waals surface area contributed by atoms with E-state index in [1.807, 2.05) is 23.9 Å². The van der Waals surface area contributed by atoms with Gasteiger partial charge in [-0.1, -0.05) is 60.7 Å². The fourth-order valence-corrected chi connectivity index (χ4v) is 3.35. The summed E-state index contributed by atoms with van der Waals surface area (Å²) in [6.07, 6.45) is 0.435.